The molecule has 0 radical (unpaired) electrons. The van der Waals surface area contributed by atoms with Crippen molar-refractivity contribution in [3.8, 4) is 6.07 Å². The predicted octanol–water partition coefficient (Wildman–Crippen LogP) is 2.87. The van der Waals surface area contributed by atoms with Crippen LogP contribution in [0.5, 0.6) is 0 Å². The van der Waals surface area contributed by atoms with Gasteiger partial charge in [0.2, 0.25) is 11.8 Å². The number of rotatable bonds is 8. The molecule has 1 aromatic heterocycles. The Morgan fingerprint density at radius 2 is 2.00 bits per heavy atom. The Kier molecular flexibility index (Phi) is 7.49. The number of halogens is 3. The first-order valence-corrected chi connectivity index (χ1v) is 11.0. The standard InChI is InChI=1S/C23H26F3N5O3/c1-12(2)8-18(21(33)29-14(11-27)9-13-6-7-28-20(13)32)31-22(34)19-10-15-16(23(24,25)26)4-3-5-17(15)30-19/h3-5,10,12-14,18,30H,6-9H2,1-2H3,(H,28,32)(H,29,33)(H,31,34)/t13-,14-,18-/m0/s1. The van der Waals surface area contributed by atoms with Crippen LogP contribution in [0.4, 0.5) is 13.2 Å². The monoisotopic (exact) mass is 477 g/mol. The smallest absolute Gasteiger partial charge is 0.356 e. The topological polar surface area (TPSA) is 127 Å². The Morgan fingerprint density at radius 1 is 1.26 bits per heavy atom. The van der Waals surface area contributed by atoms with Crippen LogP contribution in [0.1, 0.15) is 49.2 Å². The number of fused-ring (bicyclic) bond motifs is 1. The lowest BCUT2D eigenvalue weighted by Crippen LogP contribution is -2.50. The number of aromatic nitrogens is 1. The summed E-state index contributed by atoms with van der Waals surface area (Å²) in [5.74, 6) is -1.89. The number of carbonyl (C=O) groups excluding carboxylic acids is 3. The first-order chi connectivity index (χ1) is 16.0. The van der Waals surface area contributed by atoms with Gasteiger partial charge < -0.3 is 20.9 Å². The molecule has 34 heavy (non-hydrogen) atoms. The number of nitrogens with zero attached hydrogens (tertiary/aromatic N) is 1. The number of hydrogen-bond acceptors (Lipinski definition) is 4. The first-order valence-electron chi connectivity index (χ1n) is 11.0. The van der Waals surface area contributed by atoms with Gasteiger partial charge in [-0.1, -0.05) is 19.9 Å². The highest BCUT2D eigenvalue weighted by Crippen LogP contribution is 2.35. The fraction of sp³-hybridized carbons (Fsp3) is 0.478. The molecule has 1 aliphatic rings. The Hall–Kier alpha value is -3.55. The molecule has 0 aliphatic carbocycles. The molecule has 8 nitrogen and oxygen atoms in total. The lowest BCUT2D eigenvalue weighted by Gasteiger charge is -2.22. The van der Waals surface area contributed by atoms with Crippen LogP contribution in [-0.4, -0.2) is 41.3 Å². The molecule has 0 spiro atoms. The molecule has 0 saturated carbocycles. The molecule has 3 amide bonds. The van der Waals surface area contributed by atoms with Crippen LogP contribution in [0, 0.1) is 23.2 Å². The van der Waals surface area contributed by atoms with Crippen molar-refractivity contribution >= 4 is 28.6 Å². The van der Waals surface area contributed by atoms with Crippen molar-refractivity contribution in [2.24, 2.45) is 11.8 Å². The summed E-state index contributed by atoms with van der Waals surface area (Å²) in [5, 5.41) is 17.1. The summed E-state index contributed by atoms with van der Waals surface area (Å²) >= 11 is 0. The highest BCUT2D eigenvalue weighted by molar-refractivity contribution is 6.01. The van der Waals surface area contributed by atoms with Gasteiger partial charge in [0.25, 0.3) is 5.91 Å². The van der Waals surface area contributed by atoms with E-state index in [4.69, 9.17) is 0 Å². The number of alkyl halides is 3. The molecule has 3 atom stereocenters. The van der Waals surface area contributed by atoms with Crippen molar-refractivity contribution in [1.82, 2.24) is 20.9 Å². The van der Waals surface area contributed by atoms with Gasteiger partial charge in [0.15, 0.2) is 0 Å². The number of benzene rings is 1. The van der Waals surface area contributed by atoms with E-state index in [9.17, 15) is 32.8 Å². The highest BCUT2D eigenvalue weighted by atomic mass is 19.4. The van der Waals surface area contributed by atoms with Crippen molar-refractivity contribution < 1.29 is 27.6 Å². The molecule has 1 fully saturated rings. The number of nitriles is 1. The lowest BCUT2D eigenvalue weighted by atomic mass is 9.98. The predicted molar refractivity (Wildman–Crippen MR) is 117 cm³/mol. The van der Waals surface area contributed by atoms with Crippen LogP contribution in [0.3, 0.4) is 0 Å². The third-order valence-electron chi connectivity index (χ3n) is 5.70. The fourth-order valence-corrected chi connectivity index (χ4v) is 4.03. The van der Waals surface area contributed by atoms with Crippen molar-refractivity contribution in [3.63, 3.8) is 0 Å². The van der Waals surface area contributed by atoms with E-state index >= 15 is 0 Å². The number of carbonyl (C=O) groups is 3. The summed E-state index contributed by atoms with van der Waals surface area (Å²) in [6, 6.07) is 4.74. The summed E-state index contributed by atoms with van der Waals surface area (Å²) in [6.07, 6.45) is -3.62. The van der Waals surface area contributed by atoms with E-state index in [1.54, 1.807) is 0 Å². The normalized spacial score (nSPS) is 17.8. The van der Waals surface area contributed by atoms with E-state index < -0.39 is 35.6 Å². The highest BCUT2D eigenvalue weighted by Gasteiger charge is 2.34. The van der Waals surface area contributed by atoms with E-state index in [2.05, 4.69) is 20.9 Å². The summed E-state index contributed by atoms with van der Waals surface area (Å²) in [4.78, 5) is 40.2. The van der Waals surface area contributed by atoms with Crippen molar-refractivity contribution in [1.29, 1.82) is 5.26 Å². The van der Waals surface area contributed by atoms with Gasteiger partial charge in [0.05, 0.1) is 11.6 Å². The van der Waals surface area contributed by atoms with Crippen LogP contribution in [0.25, 0.3) is 10.9 Å². The summed E-state index contributed by atoms with van der Waals surface area (Å²) in [7, 11) is 0. The molecule has 2 heterocycles. The van der Waals surface area contributed by atoms with Gasteiger partial charge in [-0.15, -0.1) is 0 Å². The Morgan fingerprint density at radius 3 is 2.59 bits per heavy atom. The zero-order valence-corrected chi connectivity index (χ0v) is 18.8. The first kappa shape index (κ1) is 25.1. The molecule has 1 aromatic carbocycles. The Balaban J connectivity index is 1.75. The minimum Gasteiger partial charge on any atom is -0.356 e. The maximum absolute atomic E-state index is 13.3. The zero-order chi connectivity index (χ0) is 25.0. The van der Waals surface area contributed by atoms with Crippen molar-refractivity contribution in [3.05, 3.63) is 35.5 Å². The van der Waals surface area contributed by atoms with E-state index in [1.807, 2.05) is 19.9 Å². The number of amides is 3. The second kappa shape index (κ2) is 10.2. The third-order valence-corrected chi connectivity index (χ3v) is 5.70. The molecule has 0 unspecified atom stereocenters. The molecule has 3 rings (SSSR count). The van der Waals surface area contributed by atoms with Gasteiger partial charge in [0.1, 0.15) is 17.8 Å². The SMILES string of the molecule is CC(C)C[C@H](NC(=O)c1cc2c(C(F)(F)F)cccc2[nH]1)C(=O)N[C@H](C#N)C[C@@H]1CCNC1=O. The van der Waals surface area contributed by atoms with Crippen LogP contribution < -0.4 is 16.0 Å². The maximum Gasteiger partial charge on any atom is 0.417 e. The maximum atomic E-state index is 13.3. The minimum absolute atomic E-state index is 0.00302. The molecule has 2 aromatic rings. The van der Waals surface area contributed by atoms with Gasteiger partial charge >= 0.3 is 6.18 Å². The number of nitrogens with one attached hydrogen (secondary N) is 4. The van der Waals surface area contributed by atoms with Gasteiger partial charge in [-0.25, -0.2) is 0 Å². The van der Waals surface area contributed by atoms with Crippen LogP contribution in [0.15, 0.2) is 24.3 Å². The number of hydrogen-bond donors (Lipinski definition) is 4. The average Bonchev–Trinajstić information content (AvgIpc) is 3.37. The molecular weight excluding hydrogens is 451 g/mol. The molecule has 1 aliphatic heterocycles. The molecule has 0 bridgehead atoms. The molecule has 182 valence electrons. The van der Waals surface area contributed by atoms with Crippen molar-refractivity contribution in [2.45, 2.75) is 51.4 Å². The second-order valence-corrected chi connectivity index (χ2v) is 8.81. The van der Waals surface area contributed by atoms with E-state index in [0.29, 0.717) is 13.0 Å². The molecule has 1 saturated heterocycles. The van der Waals surface area contributed by atoms with Gasteiger partial charge in [-0.2, -0.15) is 18.4 Å². The molecule has 11 heteroatoms. The summed E-state index contributed by atoms with van der Waals surface area (Å²) < 4.78 is 39.9. The Labute approximate surface area is 194 Å². The second-order valence-electron chi connectivity index (χ2n) is 8.81. The number of H-pyrrole nitrogens is 1. The van der Waals surface area contributed by atoms with Crippen LogP contribution >= 0.6 is 0 Å². The average molecular weight is 477 g/mol. The zero-order valence-electron chi connectivity index (χ0n) is 18.8. The summed E-state index contributed by atoms with van der Waals surface area (Å²) in [6.45, 7) is 4.20. The minimum atomic E-state index is -4.59. The van der Waals surface area contributed by atoms with Crippen LogP contribution in [0.2, 0.25) is 0 Å². The third kappa shape index (κ3) is 5.87. The fourth-order valence-electron chi connectivity index (χ4n) is 4.03. The van der Waals surface area contributed by atoms with Gasteiger partial charge in [-0.05, 0) is 43.4 Å². The van der Waals surface area contributed by atoms with Gasteiger partial charge in [0, 0.05) is 23.4 Å². The quantitative estimate of drug-likeness (QED) is 0.466. The van der Waals surface area contributed by atoms with Gasteiger partial charge in [-0.3, -0.25) is 14.4 Å². The molecular formula is C23H26F3N5O3. The van der Waals surface area contributed by atoms with E-state index in [1.165, 1.54) is 12.1 Å². The number of aromatic amines is 1. The lowest BCUT2D eigenvalue weighted by molar-refractivity contribution is -0.136. The van der Waals surface area contributed by atoms with Crippen molar-refractivity contribution in [2.75, 3.05) is 6.54 Å². The molecule has 4 N–H and O–H groups in total. The summed E-state index contributed by atoms with van der Waals surface area (Å²) in [5.41, 5.74) is -0.846. The van der Waals surface area contributed by atoms with E-state index in [-0.39, 0.29) is 47.2 Å². The largest absolute Gasteiger partial charge is 0.417 e. The van der Waals surface area contributed by atoms with E-state index in [0.717, 1.165) is 12.1 Å². The Bertz CT molecular complexity index is 1120. The van der Waals surface area contributed by atoms with Crippen LogP contribution in [-0.2, 0) is 15.8 Å².